The van der Waals surface area contributed by atoms with Crippen LogP contribution in [0.25, 0.3) is 17.3 Å². The minimum atomic E-state index is -1.27. The van der Waals surface area contributed by atoms with Crippen molar-refractivity contribution in [2.45, 2.75) is 30.2 Å². The molecule has 0 aliphatic heterocycles. The molecule has 0 radical (unpaired) electrons. The number of halogens is 2. The third-order valence-electron chi connectivity index (χ3n) is 4.21. The van der Waals surface area contributed by atoms with E-state index in [0.717, 1.165) is 5.69 Å². The topological polar surface area (TPSA) is 12.9 Å². The van der Waals surface area contributed by atoms with Crippen molar-refractivity contribution in [3.63, 3.8) is 0 Å². The van der Waals surface area contributed by atoms with Gasteiger partial charge in [0, 0.05) is 0 Å². The summed E-state index contributed by atoms with van der Waals surface area (Å²) in [5.41, 5.74) is 6.78. The second kappa shape index (κ2) is 7.78. The van der Waals surface area contributed by atoms with Crippen LogP contribution in [0.15, 0.2) is 41.7 Å². The molecule has 3 rings (SSSR count). The van der Waals surface area contributed by atoms with E-state index in [-0.39, 0.29) is 24.8 Å². The molecule has 1 nitrogen and oxygen atoms in total. The van der Waals surface area contributed by atoms with Gasteiger partial charge < -0.3 is 24.8 Å². The van der Waals surface area contributed by atoms with Crippen molar-refractivity contribution in [2.75, 3.05) is 0 Å². The van der Waals surface area contributed by atoms with Crippen molar-refractivity contribution in [2.24, 2.45) is 0 Å². The van der Waals surface area contributed by atoms with Gasteiger partial charge in [0.05, 0.1) is 0 Å². The molecule has 2 aromatic rings. The predicted octanol–water partition coefficient (Wildman–Crippen LogP) is -1.07. The van der Waals surface area contributed by atoms with Crippen molar-refractivity contribution in [3.05, 3.63) is 58.4 Å². The number of fused-ring (bicyclic) bond motifs is 1. The van der Waals surface area contributed by atoms with Crippen molar-refractivity contribution >= 4 is 14.1 Å². The van der Waals surface area contributed by atoms with Crippen molar-refractivity contribution in [3.8, 4) is 11.3 Å². The molecule has 23 heavy (non-hydrogen) atoms. The molecule has 5 heteroatoms. The molecule has 1 unspecified atom stereocenters. The largest absolute Gasteiger partial charge is 1.00 e. The van der Waals surface area contributed by atoms with E-state index in [1.54, 1.807) is 35.5 Å². The molecule has 0 saturated heterocycles. The molecule has 0 bridgehead atoms. The summed E-state index contributed by atoms with van der Waals surface area (Å²) in [7, 11) is -1.27. The van der Waals surface area contributed by atoms with Crippen LogP contribution in [-0.4, -0.2) is 13.1 Å². The van der Waals surface area contributed by atoms with Gasteiger partial charge in [-0.1, -0.05) is 0 Å². The van der Waals surface area contributed by atoms with Gasteiger partial charge in [0.2, 0.25) is 0 Å². The Kier molecular flexibility index (Phi) is 7.05. The van der Waals surface area contributed by atoms with Crippen LogP contribution in [-0.2, 0) is 24.7 Å². The number of rotatable bonds is 2. The number of hydrogen-bond donors (Lipinski definition) is 0. The molecule has 1 heterocycles. The summed E-state index contributed by atoms with van der Waals surface area (Å²) in [4.78, 5) is 4.56. The normalized spacial score (nSPS) is 16.1. The van der Waals surface area contributed by atoms with Crippen LogP contribution in [0.1, 0.15) is 20.3 Å². The molecule has 1 aromatic heterocycles. The summed E-state index contributed by atoms with van der Waals surface area (Å²) in [5, 5.41) is 1.70. The van der Waals surface area contributed by atoms with Crippen LogP contribution < -0.4 is 24.8 Å². The summed E-state index contributed by atoms with van der Waals surface area (Å²) >= 11 is 1.61. The average Bonchev–Trinajstić information content (AvgIpc) is 2.79. The summed E-state index contributed by atoms with van der Waals surface area (Å²) in [6, 6.07) is 10.7. The molecule has 1 atom stereocenters. The molecule has 0 saturated carbocycles. The van der Waals surface area contributed by atoms with Gasteiger partial charge in [0.15, 0.2) is 0 Å². The first-order chi connectivity index (χ1) is 9.89. The molecule has 0 fully saturated rings. The molecule has 1 aliphatic carbocycles. The summed E-state index contributed by atoms with van der Waals surface area (Å²) in [6.07, 6.45) is 4.37. The minimum absolute atomic E-state index is 0. The first kappa shape index (κ1) is 20.8. The van der Waals surface area contributed by atoms with E-state index >= 15 is 0 Å². The minimum Gasteiger partial charge on any atom is -1.00 e. The standard InChI is InChI=1S/C18H20NSi.2ClH.Zr/c1-13-8-9-15(18-7-5-6-10-19-18)17-12-14(11-16(13)17)20(2,3)4;;;/h5-12H,1-4H3;2*1H;/q;;;+2/p-2. The van der Waals surface area contributed by atoms with E-state index in [1.807, 2.05) is 12.3 Å². The Labute approximate surface area is 167 Å². The van der Waals surface area contributed by atoms with Gasteiger partial charge in [-0.2, -0.15) is 0 Å². The van der Waals surface area contributed by atoms with Gasteiger partial charge >= 0.3 is 144 Å². The van der Waals surface area contributed by atoms with Crippen LogP contribution in [0.2, 0.25) is 19.6 Å². The Hall–Kier alpha value is -0.210. The third kappa shape index (κ3) is 3.90. The Morgan fingerprint density at radius 3 is 2.30 bits per heavy atom. The zero-order valence-corrected chi connectivity index (χ0v) is 18.8. The van der Waals surface area contributed by atoms with Gasteiger partial charge in [-0.3, -0.25) is 0 Å². The number of aryl methyl sites for hydroxylation is 1. The van der Waals surface area contributed by atoms with Crippen LogP contribution in [0.5, 0.6) is 0 Å². The molecular weight excluding hydrogens is 420 g/mol. The Bertz CT molecular complexity index is 724. The fourth-order valence-corrected chi connectivity index (χ4v) is 9.00. The summed E-state index contributed by atoms with van der Waals surface area (Å²) < 4.78 is 0.641. The number of hydrogen-bond acceptors (Lipinski definition) is 1. The molecule has 0 spiro atoms. The van der Waals surface area contributed by atoms with E-state index in [0.29, 0.717) is 3.63 Å². The van der Waals surface area contributed by atoms with Crippen LogP contribution >= 0.6 is 0 Å². The molecule has 0 amide bonds. The number of pyridine rings is 1. The Morgan fingerprint density at radius 1 is 1.04 bits per heavy atom. The van der Waals surface area contributed by atoms with Gasteiger partial charge in [-0.15, -0.1) is 0 Å². The van der Waals surface area contributed by atoms with Crippen LogP contribution in [0.3, 0.4) is 0 Å². The van der Waals surface area contributed by atoms with Gasteiger partial charge in [-0.05, 0) is 0 Å². The number of aromatic nitrogens is 1. The number of benzene rings is 1. The predicted molar refractivity (Wildman–Crippen MR) is 88.5 cm³/mol. The number of nitrogens with zero attached hydrogens (tertiary/aromatic N) is 1. The molecule has 1 aromatic carbocycles. The SMILES string of the molecule is Cc1ccc(-c2ccccn2)c2c1[CH]([Zr+2])C([Si](C)(C)C)=C2.[Cl-].[Cl-]. The van der Waals surface area contributed by atoms with E-state index in [1.165, 1.54) is 16.7 Å². The maximum atomic E-state index is 4.56. The fourth-order valence-electron chi connectivity index (χ4n) is 3.07. The van der Waals surface area contributed by atoms with Crippen molar-refractivity contribution < 1.29 is 49.5 Å². The van der Waals surface area contributed by atoms with E-state index in [2.05, 4.69) is 61.9 Å². The molecule has 1 aliphatic rings. The number of allylic oxidation sites excluding steroid dienone is 1. The first-order valence-corrected chi connectivity index (χ1v) is 12.3. The van der Waals surface area contributed by atoms with Gasteiger partial charge in [-0.25, -0.2) is 0 Å². The van der Waals surface area contributed by atoms with Crippen molar-refractivity contribution in [1.82, 2.24) is 4.98 Å². The van der Waals surface area contributed by atoms with Crippen LogP contribution in [0, 0.1) is 6.92 Å². The average molecular weight is 441 g/mol. The molecule has 0 N–H and O–H groups in total. The van der Waals surface area contributed by atoms with E-state index in [9.17, 15) is 0 Å². The zero-order valence-electron chi connectivity index (χ0n) is 13.8. The molecular formula is C18H20Cl2NSiZr. The molecule has 119 valence electrons. The first-order valence-electron chi connectivity index (χ1n) is 7.37. The Balaban J connectivity index is 0.00000132. The smallest absolute Gasteiger partial charge is 1.00 e. The second-order valence-electron chi connectivity index (χ2n) is 6.76. The quantitative estimate of drug-likeness (QED) is 0.542. The fraction of sp³-hybridized carbons (Fsp3) is 0.278. The summed E-state index contributed by atoms with van der Waals surface area (Å²) in [6.45, 7) is 9.62. The van der Waals surface area contributed by atoms with Gasteiger partial charge in [0.25, 0.3) is 0 Å². The maximum absolute atomic E-state index is 4.56. The van der Waals surface area contributed by atoms with E-state index in [4.69, 9.17) is 0 Å². The second-order valence-corrected chi connectivity index (χ2v) is 13.3. The van der Waals surface area contributed by atoms with Gasteiger partial charge in [0.1, 0.15) is 0 Å². The Morgan fingerprint density at radius 2 is 1.74 bits per heavy atom. The monoisotopic (exact) mass is 438 g/mol. The summed E-state index contributed by atoms with van der Waals surface area (Å²) in [5.74, 6) is 0. The van der Waals surface area contributed by atoms with E-state index < -0.39 is 8.07 Å². The third-order valence-corrected chi connectivity index (χ3v) is 8.56. The van der Waals surface area contributed by atoms with Crippen LogP contribution in [0.4, 0.5) is 0 Å². The zero-order chi connectivity index (χ0) is 15.2. The maximum Gasteiger partial charge on any atom is -1.00 e. The van der Waals surface area contributed by atoms with Crippen molar-refractivity contribution in [1.29, 1.82) is 0 Å².